The minimum Gasteiger partial charge on any atom is -0.479 e. The van der Waals surface area contributed by atoms with Gasteiger partial charge in [0.25, 0.3) is 11.8 Å². The molecule has 0 saturated carbocycles. The molecule has 1 aliphatic heterocycles. The first-order valence-corrected chi connectivity index (χ1v) is 9.09. The van der Waals surface area contributed by atoms with E-state index in [9.17, 15) is 9.59 Å². The van der Waals surface area contributed by atoms with Crippen LogP contribution in [0.15, 0.2) is 48.5 Å². The molecular formula is C21H25N3O3. The summed E-state index contributed by atoms with van der Waals surface area (Å²) in [5.74, 6) is 0.406. The highest BCUT2D eigenvalue weighted by Gasteiger charge is 2.31. The van der Waals surface area contributed by atoms with E-state index in [2.05, 4.69) is 10.2 Å². The number of carbonyl (C=O) groups excluding carboxylic acids is 2. The van der Waals surface area contributed by atoms with Crippen LogP contribution in [0, 0.1) is 0 Å². The van der Waals surface area contributed by atoms with E-state index in [1.54, 1.807) is 42.2 Å². The van der Waals surface area contributed by atoms with Gasteiger partial charge in [0, 0.05) is 17.8 Å². The maximum absolute atomic E-state index is 12.6. The van der Waals surface area contributed by atoms with Gasteiger partial charge in [0.05, 0.1) is 5.69 Å². The standard InChI is InChI=1S/C21H25N3O3/c1-15-21(26)24(13-7-12-23(2)3)18-14-17(10-11-19(18)27-15)22-20(25)16-8-5-4-6-9-16/h4-6,8-11,14-15H,7,12-13H2,1-3H3,(H,22,25). The fraction of sp³-hybridized carbons (Fsp3) is 0.333. The first kappa shape index (κ1) is 18.9. The Kier molecular flexibility index (Phi) is 5.76. The highest BCUT2D eigenvalue weighted by atomic mass is 16.5. The fourth-order valence-electron chi connectivity index (χ4n) is 3.05. The third-order valence-electron chi connectivity index (χ3n) is 4.45. The van der Waals surface area contributed by atoms with E-state index >= 15 is 0 Å². The van der Waals surface area contributed by atoms with Crippen molar-refractivity contribution in [1.29, 1.82) is 0 Å². The molecule has 0 aliphatic carbocycles. The lowest BCUT2D eigenvalue weighted by Gasteiger charge is -2.33. The summed E-state index contributed by atoms with van der Waals surface area (Å²) < 4.78 is 5.73. The number of fused-ring (bicyclic) bond motifs is 1. The van der Waals surface area contributed by atoms with Crippen LogP contribution in [0.25, 0.3) is 0 Å². The fourth-order valence-corrected chi connectivity index (χ4v) is 3.05. The lowest BCUT2D eigenvalue weighted by atomic mass is 10.1. The van der Waals surface area contributed by atoms with Gasteiger partial charge in [0.2, 0.25) is 0 Å². The summed E-state index contributed by atoms with van der Waals surface area (Å²) in [5, 5.41) is 2.89. The summed E-state index contributed by atoms with van der Waals surface area (Å²) in [6.45, 7) is 3.25. The van der Waals surface area contributed by atoms with Gasteiger partial charge in [-0.15, -0.1) is 0 Å². The van der Waals surface area contributed by atoms with Crippen molar-refractivity contribution in [3.05, 3.63) is 54.1 Å². The second-order valence-electron chi connectivity index (χ2n) is 6.91. The number of amides is 2. The topological polar surface area (TPSA) is 61.9 Å². The maximum Gasteiger partial charge on any atom is 0.267 e. The van der Waals surface area contributed by atoms with Crippen molar-refractivity contribution < 1.29 is 14.3 Å². The quantitative estimate of drug-likeness (QED) is 0.853. The van der Waals surface area contributed by atoms with E-state index in [0.717, 1.165) is 13.0 Å². The summed E-state index contributed by atoms with van der Waals surface area (Å²) in [6.07, 6.45) is 0.340. The van der Waals surface area contributed by atoms with Crippen molar-refractivity contribution in [2.75, 3.05) is 37.4 Å². The van der Waals surface area contributed by atoms with Gasteiger partial charge in [0.15, 0.2) is 6.10 Å². The first-order chi connectivity index (χ1) is 13.0. The van der Waals surface area contributed by atoms with Crippen LogP contribution >= 0.6 is 0 Å². The Bertz CT molecular complexity index is 821. The summed E-state index contributed by atoms with van der Waals surface area (Å²) in [5.41, 5.74) is 1.91. The molecule has 1 unspecified atom stereocenters. The van der Waals surface area contributed by atoms with Crippen LogP contribution in [0.4, 0.5) is 11.4 Å². The van der Waals surface area contributed by atoms with Gasteiger partial charge >= 0.3 is 0 Å². The molecule has 2 aromatic rings. The molecule has 6 nitrogen and oxygen atoms in total. The Morgan fingerprint density at radius 2 is 1.93 bits per heavy atom. The van der Waals surface area contributed by atoms with E-state index < -0.39 is 6.10 Å². The number of benzene rings is 2. The van der Waals surface area contributed by atoms with Gasteiger partial charge in [-0.05, 0) is 64.3 Å². The van der Waals surface area contributed by atoms with Crippen LogP contribution in [-0.4, -0.2) is 50.0 Å². The minimum absolute atomic E-state index is 0.0622. The van der Waals surface area contributed by atoms with Crippen molar-refractivity contribution >= 4 is 23.2 Å². The number of hydrogen-bond donors (Lipinski definition) is 1. The van der Waals surface area contributed by atoms with Crippen molar-refractivity contribution in [3.8, 4) is 5.75 Å². The molecular weight excluding hydrogens is 342 g/mol. The number of nitrogens with zero attached hydrogens (tertiary/aromatic N) is 2. The molecule has 3 rings (SSSR count). The second kappa shape index (κ2) is 8.22. The Morgan fingerprint density at radius 3 is 2.63 bits per heavy atom. The number of hydrogen-bond acceptors (Lipinski definition) is 4. The lowest BCUT2D eigenvalue weighted by Crippen LogP contribution is -2.45. The van der Waals surface area contributed by atoms with E-state index in [1.165, 1.54) is 0 Å². The lowest BCUT2D eigenvalue weighted by molar-refractivity contribution is -0.125. The number of anilines is 2. The molecule has 0 aromatic heterocycles. The molecule has 142 valence electrons. The number of ether oxygens (including phenoxy) is 1. The Balaban J connectivity index is 1.81. The smallest absolute Gasteiger partial charge is 0.267 e. The zero-order valence-electron chi connectivity index (χ0n) is 15.9. The predicted octanol–water partition coefficient (Wildman–Crippen LogP) is 3.00. The normalized spacial score (nSPS) is 16.1. The molecule has 2 aromatic carbocycles. The Labute approximate surface area is 159 Å². The largest absolute Gasteiger partial charge is 0.479 e. The van der Waals surface area contributed by atoms with Crippen LogP contribution in [-0.2, 0) is 4.79 Å². The Hall–Kier alpha value is -2.86. The number of nitrogens with one attached hydrogen (secondary N) is 1. The van der Waals surface area contributed by atoms with Crippen molar-refractivity contribution in [1.82, 2.24) is 4.90 Å². The van der Waals surface area contributed by atoms with E-state index in [0.29, 0.717) is 29.2 Å². The van der Waals surface area contributed by atoms with Crippen LogP contribution in [0.1, 0.15) is 23.7 Å². The highest BCUT2D eigenvalue weighted by molar-refractivity contribution is 6.05. The molecule has 0 radical (unpaired) electrons. The van der Waals surface area contributed by atoms with Crippen LogP contribution < -0.4 is 15.0 Å². The van der Waals surface area contributed by atoms with Crippen molar-refractivity contribution in [3.63, 3.8) is 0 Å². The first-order valence-electron chi connectivity index (χ1n) is 9.09. The van der Waals surface area contributed by atoms with Crippen LogP contribution in [0.2, 0.25) is 0 Å². The van der Waals surface area contributed by atoms with Crippen LogP contribution in [0.5, 0.6) is 5.75 Å². The van der Waals surface area contributed by atoms with Gasteiger partial charge in [-0.1, -0.05) is 18.2 Å². The molecule has 2 amide bonds. The Morgan fingerprint density at radius 1 is 1.19 bits per heavy atom. The summed E-state index contributed by atoms with van der Waals surface area (Å²) >= 11 is 0. The van der Waals surface area contributed by atoms with E-state index in [-0.39, 0.29) is 11.8 Å². The summed E-state index contributed by atoms with van der Waals surface area (Å²) in [6, 6.07) is 14.4. The molecule has 0 bridgehead atoms. The van der Waals surface area contributed by atoms with Gasteiger partial charge in [-0.3, -0.25) is 9.59 Å². The molecule has 0 spiro atoms. The molecule has 0 fully saturated rings. The van der Waals surface area contributed by atoms with E-state index in [4.69, 9.17) is 4.74 Å². The predicted molar refractivity (Wildman–Crippen MR) is 106 cm³/mol. The average molecular weight is 367 g/mol. The average Bonchev–Trinajstić information content (AvgIpc) is 2.65. The van der Waals surface area contributed by atoms with Gasteiger partial charge < -0.3 is 19.9 Å². The van der Waals surface area contributed by atoms with Gasteiger partial charge in [0.1, 0.15) is 5.75 Å². The number of rotatable bonds is 6. The SMILES string of the molecule is CC1Oc2ccc(NC(=O)c3ccccc3)cc2N(CCCN(C)C)C1=O. The zero-order chi connectivity index (χ0) is 19.4. The highest BCUT2D eigenvalue weighted by Crippen LogP contribution is 2.36. The van der Waals surface area contributed by atoms with Crippen LogP contribution in [0.3, 0.4) is 0 Å². The zero-order valence-corrected chi connectivity index (χ0v) is 15.9. The van der Waals surface area contributed by atoms with Crippen molar-refractivity contribution in [2.24, 2.45) is 0 Å². The molecule has 6 heteroatoms. The van der Waals surface area contributed by atoms with Gasteiger partial charge in [-0.25, -0.2) is 0 Å². The van der Waals surface area contributed by atoms with Gasteiger partial charge in [-0.2, -0.15) is 0 Å². The number of carbonyl (C=O) groups is 2. The third kappa shape index (κ3) is 4.46. The third-order valence-corrected chi connectivity index (χ3v) is 4.45. The molecule has 1 aliphatic rings. The summed E-state index contributed by atoms with van der Waals surface area (Å²) in [7, 11) is 4.02. The van der Waals surface area contributed by atoms with Crippen molar-refractivity contribution in [2.45, 2.75) is 19.4 Å². The monoisotopic (exact) mass is 367 g/mol. The van der Waals surface area contributed by atoms with E-state index in [1.807, 2.05) is 32.3 Å². The molecule has 27 heavy (non-hydrogen) atoms. The molecule has 0 saturated heterocycles. The minimum atomic E-state index is -0.512. The summed E-state index contributed by atoms with van der Waals surface area (Å²) in [4.78, 5) is 28.9. The maximum atomic E-state index is 12.6. The molecule has 1 heterocycles. The molecule has 1 atom stereocenters. The second-order valence-corrected chi connectivity index (χ2v) is 6.91. The molecule has 1 N–H and O–H groups in total.